The summed E-state index contributed by atoms with van der Waals surface area (Å²) in [6, 6.07) is 4.10. The Morgan fingerprint density at radius 1 is 1.16 bits per heavy atom. The van der Waals surface area contributed by atoms with Crippen molar-refractivity contribution in [3.8, 4) is 5.75 Å². The minimum atomic E-state index is -1.17. The maximum atomic E-state index is 10.6. The van der Waals surface area contributed by atoms with Crippen molar-refractivity contribution < 1.29 is 29.7 Å². The van der Waals surface area contributed by atoms with Crippen LogP contribution in [-0.4, -0.2) is 51.5 Å². The van der Waals surface area contributed by atoms with E-state index in [-0.39, 0.29) is 12.3 Å². The van der Waals surface area contributed by atoms with E-state index >= 15 is 0 Å². The standard InChI is InChI=1S/C12H13NO6/c14-7-8-1-2-10(15)9(3-8)4-13(5-11(16)17)6-12(18)19/h1-3,7,15H,4-6H2,(H,16,17)(H,18,19). The second-order valence-electron chi connectivity index (χ2n) is 3.94. The maximum absolute atomic E-state index is 10.6. The molecular formula is C12H13NO6. The third kappa shape index (κ3) is 4.76. The number of hydrogen-bond acceptors (Lipinski definition) is 5. The summed E-state index contributed by atoms with van der Waals surface area (Å²) >= 11 is 0. The van der Waals surface area contributed by atoms with Crippen LogP contribution < -0.4 is 0 Å². The van der Waals surface area contributed by atoms with Crippen molar-refractivity contribution in [3.63, 3.8) is 0 Å². The Hall–Kier alpha value is -2.41. The van der Waals surface area contributed by atoms with Crippen LogP contribution in [0.15, 0.2) is 18.2 Å². The highest BCUT2D eigenvalue weighted by Gasteiger charge is 2.15. The van der Waals surface area contributed by atoms with Gasteiger partial charge in [-0.25, -0.2) is 0 Å². The monoisotopic (exact) mass is 267 g/mol. The normalized spacial score (nSPS) is 10.4. The van der Waals surface area contributed by atoms with Gasteiger partial charge in [-0.2, -0.15) is 0 Å². The van der Waals surface area contributed by atoms with Crippen molar-refractivity contribution in [2.45, 2.75) is 6.54 Å². The van der Waals surface area contributed by atoms with Gasteiger partial charge in [0.1, 0.15) is 12.0 Å². The molecule has 0 spiro atoms. The number of phenols is 1. The number of carboxylic acid groups (broad SMARTS) is 2. The number of aldehydes is 1. The Balaban J connectivity index is 2.90. The molecule has 0 aliphatic rings. The van der Waals surface area contributed by atoms with Crippen molar-refractivity contribution in [1.82, 2.24) is 4.90 Å². The van der Waals surface area contributed by atoms with Gasteiger partial charge in [0.2, 0.25) is 0 Å². The second-order valence-corrected chi connectivity index (χ2v) is 3.94. The smallest absolute Gasteiger partial charge is 0.317 e. The number of phenolic OH excluding ortho intramolecular Hbond substituents is 1. The zero-order valence-electron chi connectivity index (χ0n) is 9.94. The van der Waals surface area contributed by atoms with E-state index in [0.717, 1.165) is 4.90 Å². The number of benzene rings is 1. The highest BCUT2D eigenvalue weighted by Crippen LogP contribution is 2.19. The lowest BCUT2D eigenvalue weighted by Gasteiger charge is -2.18. The molecule has 0 saturated carbocycles. The van der Waals surface area contributed by atoms with Gasteiger partial charge in [0, 0.05) is 17.7 Å². The highest BCUT2D eigenvalue weighted by atomic mass is 16.4. The molecule has 102 valence electrons. The molecule has 0 bridgehead atoms. The fourth-order valence-corrected chi connectivity index (χ4v) is 1.60. The van der Waals surface area contributed by atoms with Gasteiger partial charge >= 0.3 is 11.9 Å². The van der Waals surface area contributed by atoms with Crippen LogP contribution in [-0.2, 0) is 16.1 Å². The molecule has 1 aromatic rings. The molecule has 0 amide bonds. The van der Waals surface area contributed by atoms with E-state index in [1.54, 1.807) is 0 Å². The van der Waals surface area contributed by atoms with E-state index in [4.69, 9.17) is 10.2 Å². The molecule has 0 aliphatic heterocycles. The number of hydrogen-bond donors (Lipinski definition) is 3. The molecule has 0 aromatic heterocycles. The first kappa shape index (κ1) is 14.7. The molecule has 0 heterocycles. The van der Waals surface area contributed by atoms with Crippen LogP contribution in [0.4, 0.5) is 0 Å². The van der Waals surface area contributed by atoms with Gasteiger partial charge in [-0.05, 0) is 18.2 Å². The summed E-state index contributed by atoms with van der Waals surface area (Å²) in [7, 11) is 0. The van der Waals surface area contributed by atoms with Crippen LogP contribution in [0.5, 0.6) is 5.75 Å². The molecule has 1 rings (SSSR count). The van der Waals surface area contributed by atoms with Crippen molar-refractivity contribution in [1.29, 1.82) is 0 Å². The Morgan fingerprint density at radius 3 is 2.21 bits per heavy atom. The average molecular weight is 267 g/mol. The minimum Gasteiger partial charge on any atom is -0.508 e. The van der Waals surface area contributed by atoms with Crippen LogP contribution in [0.1, 0.15) is 15.9 Å². The number of nitrogens with zero attached hydrogens (tertiary/aromatic N) is 1. The lowest BCUT2D eigenvalue weighted by molar-refractivity contribution is -0.142. The van der Waals surface area contributed by atoms with E-state index in [1.807, 2.05) is 0 Å². The highest BCUT2D eigenvalue weighted by molar-refractivity contribution is 5.76. The summed E-state index contributed by atoms with van der Waals surface area (Å²) in [5.41, 5.74) is 0.616. The fraction of sp³-hybridized carbons (Fsp3) is 0.250. The average Bonchev–Trinajstić information content (AvgIpc) is 2.30. The molecule has 1 aromatic carbocycles. The molecule has 0 aliphatic carbocycles. The molecule has 0 fully saturated rings. The molecule has 0 radical (unpaired) electrons. The number of aliphatic carboxylic acids is 2. The van der Waals surface area contributed by atoms with Gasteiger partial charge in [-0.1, -0.05) is 0 Å². The SMILES string of the molecule is O=Cc1ccc(O)c(CN(CC(=O)O)CC(=O)O)c1. The molecule has 3 N–H and O–H groups in total. The van der Waals surface area contributed by atoms with E-state index in [2.05, 4.69) is 0 Å². The first-order valence-electron chi connectivity index (χ1n) is 5.35. The first-order chi connectivity index (χ1) is 8.92. The Kier molecular flexibility index (Phi) is 5.01. The van der Waals surface area contributed by atoms with Crippen LogP contribution in [0.25, 0.3) is 0 Å². The largest absolute Gasteiger partial charge is 0.508 e. The van der Waals surface area contributed by atoms with Gasteiger partial charge in [0.25, 0.3) is 0 Å². The van der Waals surface area contributed by atoms with Crippen molar-refractivity contribution in [3.05, 3.63) is 29.3 Å². The van der Waals surface area contributed by atoms with Crippen LogP contribution in [0.2, 0.25) is 0 Å². The molecule has 19 heavy (non-hydrogen) atoms. The Labute approximate surface area is 108 Å². The van der Waals surface area contributed by atoms with E-state index < -0.39 is 25.0 Å². The fourth-order valence-electron chi connectivity index (χ4n) is 1.60. The Bertz CT molecular complexity index is 483. The Morgan fingerprint density at radius 2 is 1.74 bits per heavy atom. The number of carbonyl (C=O) groups is 3. The van der Waals surface area contributed by atoms with E-state index in [9.17, 15) is 19.5 Å². The summed E-state index contributed by atoms with van der Waals surface area (Å²) in [6.45, 7) is -1.03. The molecule has 7 heteroatoms. The van der Waals surface area contributed by atoms with Crippen molar-refractivity contribution in [2.75, 3.05) is 13.1 Å². The zero-order valence-corrected chi connectivity index (χ0v) is 9.94. The predicted octanol–water partition coefficient (Wildman–Crippen LogP) is 0.176. The van der Waals surface area contributed by atoms with Crippen LogP contribution >= 0.6 is 0 Å². The van der Waals surface area contributed by atoms with Crippen LogP contribution in [0.3, 0.4) is 0 Å². The van der Waals surface area contributed by atoms with Gasteiger partial charge in [0.05, 0.1) is 13.1 Å². The zero-order chi connectivity index (χ0) is 14.4. The topological polar surface area (TPSA) is 115 Å². The lowest BCUT2D eigenvalue weighted by Crippen LogP contribution is -2.34. The first-order valence-corrected chi connectivity index (χ1v) is 5.35. The third-order valence-electron chi connectivity index (χ3n) is 2.35. The van der Waals surface area contributed by atoms with Crippen molar-refractivity contribution in [2.24, 2.45) is 0 Å². The van der Waals surface area contributed by atoms with E-state index in [0.29, 0.717) is 17.4 Å². The third-order valence-corrected chi connectivity index (χ3v) is 2.35. The van der Waals surface area contributed by atoms with Gasteiger partial charge in [-0.15, -0.1) is 0 Å². The summed E-state index contributed by atoms with van der Waals surface area (Å²) in [5.74, 6) is -2.47. The molecular weight excluding hydrogens is 254 g/mol. The molecule has 7 nitrogen and oxygen atoms in total. The summed E-state index contributed by atoms with van der Waals surface area (Å²) in [5, 5.41) is 27.0. The second kappa shape index (κ2) is 6.50. The predicted molar refractivity (Wildman–Crippen MR) is 64.0 cm³/mol. The lowest BCUT2D eigenvalue weighted by atomic mass is 10.1. The number of carbonyl (C=O) groups excluding carboxylic acids is 1. The number of aromatic hydroxyl groups is 1. The summed E-state index contributed by atoms with van der Waals surface area (Å²) in [6.07, 6.45) is 0.585. The van der Waals surface area contributed by atoms with Crippen molar-refractivity contribution >= 4 is 18.2 Å². The summed E-state index contributed by atoms with van der Waals surface area (Å²) in [4.78, 5) is 33.0. The summed E-state index contributed by atoms with van der Waals surface area (Å²) < 4.78 is 0. The minimum absolute atomic E-state index is 0.0773. The number of rotatable bonds is 7. The van der Waals surface area contributed by atoms with Gasteiger partial charge < -0.3 is 15.3 Å². The van der Waals surface area contributed by atoms with Crippen LogP contribution in [0, 0.1) is 0 Å². The van der Waals surface area contributed by atoms with Gasteiger partial charge in [-0.3, -0.25) is 19.3 Å². The molecule has 0 atom stereocenters. The quantitative estimate of drug-likeness (QED) is 0.603. The molecule has 0 saturated heterocycles. The van der Waals surface area contributed by atoms with Gasteiger partial charge in [0.15, 0.2) is 0 Å². The maximum Gasteiger partial charge on any atom is 0.317 e. The van der Waals surface area contributed by atoms with E-state index in [1.165, 1.54) is 18.2 Å². The number of carboxylic acids is 2. The molecule has 0 unspecified atom stereocenters.